The summed E-state index contributed by atoms with van der Waals surface area (Å²) in [6, 6.07) is 0. The van der Waals surface area contributed by atoms with E-state index in [2.05, 4.69) is 27.8 Å². The lowest BCUT2D eigenvalue weighted by Crippen LogP contribution is -2.15. The molecular weight excluding hydrogens is 210 g/mol. The van der Waals surface area contributed by atoms with Gasteiger partial charge < -0.3 is 5.32 Å². The Morgan fingerprint density at radius 1 is 1.33 bits per heavy atom. The number of aromatic nitrogens is 4. The second kappa shape index (κ2) is 7.64. The fourth-order valence-corrected chi connectivity index (χ4v) is 2.01. The van der Waals surface area contributed by atoms with Crippen molar-refractivity contribution in [3.8, 4) is 0 Å². The van der Waals surface area contributed by atoms with Crippen LogP contribution in [0, 0.1) is 0 Å². The lowest BCUT2D eigenvalue weighted by atomic mass is 10.3. The molecule has 0 aliphatic rings. The Kier molecular flexibility index (Phi) is 6.34. The van der Waals surface area contributed by atoms with Crippen molar-refractivity contribution in [3.63, 3.8) is 0 Å². The number of tetrazole rings is 1. The van der Waals surface area contributed by atoms with E-state index in [9.17, 15) is 0 Å². The van der Waals surface area contributed by atoms with Crippen LogP contribution in [0.1, 0.15) is 26.2 Å². The first-order chi connectivity index (χ1) is 7.34. The van der Waals surface area contributed by atoms with E-state index in [0.717, 1.165) is 24.0 Å². The average molecular weight is 229 g/mol. The van der Waals surface area contributed by atoms with Crippen LogP contribution in [0.25, 0.3) is 0 Å². The minimum absolute atomic E-state index is 0.900. The van der Waals surface area contributed by atoms with Gasteiger partial charge in [0.05, 0.1) is 0 Å². The molecule has 15 heavy (non-hydrogen) atoms. The predicted molar refractivity (Wildman–Crippen MR) is 61.9 cm³/mol. The van der Waals surface area contributed by atoms with Crippen molar-refractivity contribution in [2.24, 2.45) is 7.05 Å². The van der Waals surface area contributed by atoms with Gasteiger partial charge in [0, 0.05) is 12.8 Å². The molecule has 86 valence electrons. The molecule has 0 radical (unpaired) electrons. The minimum Gasteiger partial charge on any atom is -0.317 e. The van der Waals surface area contributed by atoms with Gasteiger partial charge >= 0.3 is 0 Å². The number of hydrogen-bond donors (Lipinski definition) is 1. The van der Waals surface area contributed by atoms with Crippen LogP contribution in [-0.4, -0.2) is 39.0 Å². The molecule has 0 aliphatic heterocycles. The molecule has 0 aliphatic carbocycles. The van der Waals surface area contributed by atoms with E-state index in [1.165, 1.54) is 19.3 Å². The second-order valence-electron chi connectivity index (χ2n) is 3.39. The lowest BCUT2D eigenvalue weighted by molar-refractivity contribution is 0.633. The Morgan fingerprint density at radius 2 is 2.20 bits per heavy atom. The molecule has 0 spiro atoms. The fraction of sp³-hybridized carbons (Fsp3) is 0.889. The van der Waals surface area contributed by atoms with E-state index >= 15 is 0 Å². The summed E-state index contributed by atoms with van der Waals surface area (Å²) in [6.45, 7) is 4.43. The molecule has 0 aromatic carbocycles. The van der Waals surface area contributed by atoms with Crippen LogP contribution >= 0.6 is 11.8 Å². The summed E-state index contributed by atoms with van der Waals surface area (Å²) >= 11 is 1.72. The zero-order valence-corrected chi connectivity index (χ0v) is 10.3. The maximum Gasteiger partial charge on any atom is 0.209 e. The monoisotopic (exact) mass is 229 g/mol. The van der Waals surface area contributed by atoms with Gasteiger partial charge in [-0.3, -0.25) is 0 Å². The van der Waals surface area contributed by atoms with Crippen molar-refractivity contribution in [1.82, 2.24) is 25.5 Å². The molecule has 0 fully saturated rings. The van der Waals surface area contributed by atoms with E-state index in [1.54, 1.807) is 16.4 Å². The lowest BCUT2D eigenvalue weighted by Gasteiger charge is -2.02. The van der Waals surface area contributed by atoms with Crippen LogP contribution in [0.5, 0.6) is 0 Å². The highest BCUT2D eigenvalue weighted by atomic mass is 32.2. The van der Waals surface area contributed by atoms with Crippen molar-refractivity contribution in [3.05, 3.63) is 0 Å². The first-order valence-electron chi connectivity index (χ1n) is 5.40. The SMILES string of the molecule is CCCNCCCCSc1nnnn1C. The third kappa shape index (κ3) is 5.13. The number of hydrogen-bond acceptors (Lipinski definition) is 5. The smallest absolute Gasteiger partial charge is 0.209 e. The quantitative estimate of drug-likeness (QED) is 0.534. The van der Waals surface area contributed by atoms with Gasteiger partial charge in [-0.2, -0.15) is 0 Å². The first kappa shape index (κ1) is 12.4. The Balaban J connectivity index is 1.96. The first-order valence-corrected chi connectivity index (χ1v) is 6.39. The van der Waals surface area contributed by atoms with E-state index in [4.69, 9.17) is 0 Å². The number of nitrogens with one attached hydrogen (secondary N) is 1. The molecule has 5 nitrogen and oxygen atoms in total. The molecule has 0 bridgehead atoms. The maximum atomic E-state index is 3.91. The zero-order chi connectivity index (χ0) is 10.9. The van der Waals surface area contributed by atoms with Crippen LogP contribution in [0.15, 0.2) is 5.16 Å². The number of unbranched alkanes of at least 4 members (excludes halogenated alkanes) is 1. The Bertz CT molecular complexity index is 263. The number of rotatable bonds is 8. The summed E-state index contributed by atoms with van der Waals surface area (Å²) in [5, 5.41) is 15.6. The molecule has 1 aromatic rings. The molecular formula is C9H19N5S. The minimum atomic E-state index is 0.900. The highest BCUT2D eigenvalue weighted by molar-refractivity contribution is 7.99. The largest absolute Gasteiger partial charge is 0.317 e. The summed E-state index contributed by atoms with van der Waals surface area (Å²) in [4.78, 5) is 0. The molecule has 0 unspecified atom stereocenters. The summed E-state index contributed by atoms with van der Waals surface area (Å²) < 4.78 is 1.71. The van der Waals surface area contributed by atoms with Crippen LogP contribution in [-0.2, 0) is 7.05 Å². The molecule has 1 rings (SSSR count). The van der Waals surface area contributed by atoms with Gasteiger partial charge in [0.25, 0.3) is 0 Å². The normalized spacial score (nSPS) is 10.8. The van der Waals surface area contributed by atoms with Crippen LogP contribution in [0.2, 0.25) is 0 Å². The molecule has 1 aromatic heterocycles. The summed E-state index contributed by atoms with van der Waals surface area (Å²) in [5.74, 6) is 1.09. The molecule has 0 amide bonds. The van der Waals surface area contributed by atoms with Gasteiger partial charge in [-0.25, -0.2) is 4.68 Å². The fourth-order valence-electron chi connectivity index (χ4n) is 1.16. The summed E-state index contributed by atoms with van der Waals surface area (Å²) in [6.07, 6.45) is 3.63. The summed E-state index contributed by atoms with van der Waals surface area (Å²) in [7, 11) is 1.87. The highest BCUT2D eigenvalue weighted by Gasteiger charge is 2.01. The van der Waals surface area contributed by atoms with E-state index in [1.807, 2.05) is 7.05 Å². The third-order valence-corrected chi connectivity index (χ3v) is 3.08. The summed E-state index contributed by atoms with van der Waals surface area (Å²) in [5.41, 5.74) is 0. The molecule has 1 heterocycles. The van der Waals surface area contributed by atoms with E-state index in [-0.39, 0.29) is 0 Å². The van der Waals surface area contributed by atoms with Crippen molar-refractivity contribution in [1.29, 1.82) is 0 Å². The van der Waals surface area contributed by atoms with Crippen LogP contribution in [0.3, 0.4) is 0 Å². The molecule has 1 N–H and O–H groups in total. The van der Waals surface area contributed by atoms with Crippen molar-refractivity contribution in [2.75, 3.05) is 18.8 Å². The Labute approximate surface area is 95.0 Å². The molecule has 0 atom stereocenters. The Morgan fingerprint density at radius 3 is 2.87 bits per heavy atom. The average Bonchev–Trinajstić information content (AvgIpc) is 2.63. The standard InChI is InChI=1S/C9H19N5S/c1-3-6-10-7-4-5-8-15-9-11-12-13-14(9)2/h10H,3-8H2,1-2H3. The van der Waals surface area contributed by atoms with Gasteiger partial charge in [0.15, 0.2) is 0 Å². The predicted octanol–water partition coefficient (Wildman–Crippen LogP) is 1.08. The van der Waals surface area contributed by atoms with Crippen LogP contribution in [0.4, 0.5) is 0 Å². The number of nitrogens with zero attached hydrogens (tertiary/aromatic N) is 4. The van der Waals surface area contributed by atoms with Crippen molar-refractivity contribution in [2.45, 2.75) is 31.3 Å². The van der Waals surface area contributed by atoms with Crippen molar-refractivity contribution >= 4 is 11.8 Å². The van der Waals surface area contributed by atoms with Gasteiger partial charge in [0.2, 0.25) is 5.16 Å². The second-order valence-corrected chi connectivity index (χ2v) is 4.45. The van der Waals surface area contributed by atoms with Gasteiger partial charge in [-0.05, 0) is 42.8 Å². The third-order valence-electron chi connectivity index (χ3n) is 1.99. The van der Waals surface area contributed by atoms with Gasteiger partial charge in [-0.15, -0.1) is 5.10 Å². The topological polar surface area (TPSA) is 55.6 Å². The number of aryl methyl sites for hydroxylation is 1. The molecule has 0 saturated carbocycles. The van der Waals surface area contributed by atoms with Crippen molar-refractivity contribution < 1.29 is 0 Å². The van der Waals surface area contributed by atoms with E-state index < -0.39 is 0 Å². The molecule has 0 saturated heterocycles. The maximum absolute atomic E-state index is 3.91. The Hall–Kier alpha value is -0.620. The highest BCUT2D eigenvalue weighted by Crippen LogP contribution is 2.13. The van der Waals surface area contributed by atoms with E-state index in [0.29, 0.717) is 0 Å². The van der Waals surface area contributed by atoms with Gasteiger partial charge in [0.1, 0.15) is 0 Å². The molecule has 6 heteroatoms. The van der Waals surface area contributed by atoms with Crippen LogP contribution < -0.4 is 5.32 Å². The number of thioether (sulfide) groups is 1. The van der Waals surface area contributed by atoms with Gasteiger partial charge in [-0.1, -0.05) is 18.7 Å². The zero-order valence-electron chi connectivity index (χ0n) is 9.44.